The summed E-state index contributed by atoms with van der Waals surface area (Å²) in [5.41, 5.74) is 0. The van der Waals surface area contributed by atoms with E-state index in [1.165, 1.54) is 11.3 Å². The fourth-order valence-corrected chi connectivity index (χ4v) is 5.00. The first-order chi connectivity index (χ1) is 8.16. The van der Waals surface area contributed by atoms with Crippen LogP contribution < -0.4 is 5.32 Å². The van der Waals surface area contributed by atoms with Crippen LogP contribution in [-0.4, -0.2) is 38.4 Å². The summed E-state index contributed by atoms with van der Waals surface area (Å²) >= 11 is 1.29. The van der Waals surface area contributed by atoms with Crippen LogP contribution >= 0.6 is 11.3 Å². The monoisotopic (exact) mass is 274 g/mol. The number of hydrogen-bond donors (Lipinski definition) is 1. The smallest absolute Gasteiger partial charge is 0.252 e. The summed E-state index contributed by atoms with van der Waals surface area (Å²) in [6, 6.07) is 3.58. The molecule has 1 fully saturated rings. The molecule has 4 nitrogen and oxygen atoms in total. The molecule has 0 aliphatic carbocycles. The van der Waals surface area contributed by atoms with Gasteiger partial charge in [0.1, 0.15) is 4.21 Å². The van der Waals surface area contributed by atoms with Gasteiger partial charge in [-0.3, -0.25) is 0 Å². The van der Waals surface area contributed by atoms with Gasteiger partial charge in [0.05, 0.1) is 0 Å². The highest BCUT2D eigenvalue weighted by molar-refractivity contribution is 7.91. The van der Waals surface area contributed by atoms with Crippen LogP contribution in [0.1, 0.15) is 19.8 Å². The van der Waals surface area contributed by atoms with Gasteiger partial charge in [0.25, 0.3) is 10.0 Å². The van der Waals surface area contributed by atoms with Crippen LogP contribution in [0.15, 0.2) is 21.7 Å². The lowest BCUT2D eigenvalue weighted by Gasteiger charge is -2.26. The molecule has 2 rings (SSSR count). The fraction of sp³-hybridized carbons (Fsp3) is 0.636. The van der Waals surface area contributed by atoms with E-state index >= 15 is 0 Å². The van der Waals surface area contributed by atoms with E-state index in [0.717, 1.165) is 25.9 Å². The Labute approximate surface area is 107 Å². The van der Waals surface area contributed by atoms with Gasteiger partial charge < -0.3 is 5.32 Å². The van der Waals surface area contributed by atoms with E-state index in [4.69, 9.17) is 0 Å². The molecule has 0 aromatic carbocycles. The summed E-state index contributed by atoms with van der Waals surface area (Å²) in [7, 11) is -3.29. The first kappa shape index (κ1) is 13.0. The number of hydrogen-bond acceptors (Lipinski definition) is 4. The third kappa shape index (κ3) is 2.70. The van der Waals surface area contributed by atoms with Crippen LogP contribution in [0.4, 0.5) is 0 Å². The van der Waals surface area contributed by atoms with Crippen molar-refractivity contribution in [2.24, 2.45) is 0 Å². The van der Waals surface area contributed by atoms with Gasteiger partial charge in [-0.25, -0.2) is 8.42 Å². The molecule has 1 atom stereocenters. The highest BCUT2D eigenvalue weighted by atomic mass is 32.2. The lowest BCUT2D eigenvalue weighted by molar-refractivity contribution is 0.336. The molecule has 0 spiro atoms. The number of nitrogens with zero attached hydrogens (tertiary/aromatic N) is 1. The molecule has 1 unspecified atom stereocenters. The third-order valence-corrected chi connectivity index (χ3v) is 6.27. The lowest BCUT2D eigenvalue weighted by atomic mass is 10.2. The molecule has 1 aliphatic heterocycles. The SMILES string of the molecule is CCCN(C1CCNC1)S(=O)(=O)c1cccs1. The molecule has 1 aliphatic rings. The number of thiophene rings is 1. The average molecular weight is 274 g/mol. The summed E-state index contributed by atoms with van der Waals surface area (Å²) in [4.78, 5) is 0. The van der Waals surface area contributed by atoms with Crippen molar-refractivity contribution < 1.29 is 8.42 Å². The Balaban J connectivity index is 2.26. The van der Waals surface area contributed by atoms with E-state index in [2.05, 4.69) is 5.32 Å². The van der Waals surface area contributed by atoms with Crippen LogP contribution in [0.2, 0.25) is 0 Å². The third-order valence-electron chi connectivity index (χ3n) is 2.94. The Morgan fingerprint density at radius 1 is 1.59 bits per heavy atom. The van der Waals surface area contributed by atoms with Crippen LogP contribution in [0.25, 0.3) is 0 Å². The van der Waals surface area contributed by atoms with Gasteiger partial charge >= 0.3 is 0 Å². The van der Waals surface area contributed by atoms with Crippen molar-refractivity contribution in [2.75, 3.05) is 19.6 Å². The zero-order chi connectivity index (χ0) is 12.3. The minimum absolute atomic E-state index is 0.113. The van der Waals surface area contributed by atoms with E-state index in [1.54, 1.807) is 16.4 Å². The van der Waals surface area contributed by atoms with Crippen LogP contribution in [0, 0.1) is 0 Å². The molecule has 1 aromatic heterocycles. The van der Waals surface area contributed by atoms with Gasteiger partial charge in [-0.05, 0) is 30.8 Å². The van der Waals surface area contributed by atoms with Crippen LogP contribution in [0.5, 0.6) is 0 Å². The van der Waals surface area contributed by atoms with Gasteiger partial charge in [0, 0.05) is 19.1 Å². The summed E-state index contributed by atoms with van der Waals surface area (Å²) in [5.74, 6) is 0. The van der Waals surface area contributed by atoms with Crippen LogP contribution in [0.3, 0.4) is 0 Å². The molecular formula is C11H18N2O2S2. The second kappa shape index (κ2) is 5.48. The Hall–Kier alpha value is -0.430. The van der Waals surface area contributed by atoms with Crippen molar-refractivity contribution in [1.29, 1.82) is 0 Å². The normalized spacial score (nSPS) is 21.2. The lowest BCUT2D eigenvalue weighted by Crippen LogP contribution is -2.41. The second-order valence-electron chi connectivity index (χ2n) is 4.19. The van der Waals surface area contributed by atoms with Crippen molar-refractivity contribution in [1.82, 2.24) is 9.62 Å². The van der Waals surface area contributed by atoms with E-state index in [-0.39, 0.29) is 6.04 Å². The van der Waals surface area contributed by atoms with Gasteiger partial charge in [0.2, 0.25) is 0 Å². The highest BCUT2D eigenvalue weighted by Crippen LogP contribution is 2.24. The number of nitrogens with one attached hydrogen (secondary N) is 1. The molecule has 0 saturated carbocycles. The number of rotatable bonds is 5. The van der Waals surface area contributed by atoms with E-state index < -0.39 is 10.0 Å². The molecule has 0 amide bonds. The fourth-order valence-electron chi connectivity index (χ4n) is 2.13. The van der Waals surface area contributed by atoms with E-state index in [9.17, 15) is 8.42 Å². The first-order valence-corrected chi connectivity index (χ1v) is 8.24. The maximum atomic E-state index is 12.5. The Morgan fingerprint density at radius 2 is 2.41 bits per heavy atom. The van der Waals surface area contributed by atoms with Crippen molar-refractivity contribution in [3.05, 3.63) is 17.5 Å². The Kier molecular flexibility index (Phi) is 4.19. The quantitative estimate of drug-likeness (QED) is 0.885. The number of sulfonamides is 1. The Bertz CT molecular complexity index is 436. The molecule has 6 heteroatoms. The first-order valence-electron chi connectivity index (χ1n) is 5.92. The van der Waals surface area contributed by atoms with Gasteiger partial charge in [0.15, 0.2) is 0 Å². The maximum Gasteiger partial charge on any atom is 0.252 e. The Morgan fingerprint density at radius 3 is 2.94 bits per heavy atom. The molecule has 1 N–H and O–H groups in total. The molecule has 2 heterocycles. The predicted octanol–water partition coefficient (Wildman–Crippen LogP) is 1.51. The van der Waals surface area contributed by atoms with Gasteiger partial charge in [-0.1, -0.05) is 13.0 Å². The standard InChI is InChI=1S/C11H18N2O2S2/c1-2-7-13(10-5-6-12-9-10)17(14,15)11-4-3-8-16-11/h3-4,8,10,12H,2,5-7,9H2,1H3. The zero-order valence-electron chi connectivity index (χ0n) is 9.93. The summed E-state index contributed by atoms with van der Waals surface area (Å²) < 4.78 is 27.1. The largest absolute Gasteiger partial charge is 0.315 e. The van der Waals surface area contributed by atoms with Crippen molar-refractivity contribution in [2.45, 2.75) is 30.0 Å². The second-order valence-corrected chi connectivity index (χ2v) is 7.26. The van der Waals surface area contributed by atoms with Gasteiger partial charge in [-0.2, -0.15) is 4.31 Å². The highest BCUT2D eigenvalue weighted by Gasteiger charge is 2.32. The topological polar surface area (TPSA) is 49.4 Å². The van der Waals surface area contributed by atoms with E-state index in [1.807, 2.05) is 12.3 Å². The molecule has 96 valence electrons. The van der Waals surface area contributed by atoms with Crippen LogP contribution in [-0.2, 0) is 10.0 Å². The molecule has 1 saturated heterocycles. The minimum Gasteiger partial charge on any atom is -0.315 e. The average Bonchev–Trinajstić information content (AvgIpc) is 2.97. The zero-order valence-corrected chi connectivity index (χ0v) is 11.6. The maximum absolute atomic E-state index is 12.5. The van der Waals surface area contributed by atoms with Crippen molar-refractivity contribution >= 4 is 21.4 Å². The summed E-state index contributed by atoms with van der Waals surface area (Å²) in [6.45, 7) is 4.29. The molecule has 0 radical (unpaired) electrons. The molecule has 1 aromatic rings. The van der Waals surface area contributed by atoms with Crippen molar-refractivity contribution in [3.8, 4) is 0 Å². The molecular weight excluding hydrogens is 256 g/mol. The van der Waals surface area contributed by atoms with Crippen molar-refractivity contribution in [3.63, 3.8) is 0 Å². The summed E-state index contributed by atoms with van der Waals surface area (Å²) in [5, 5.41) is 5.04. The van der Waals surface area contributed by atoms with E-state index in [0.29, 0.717) is 10.8 Å². The minimum atomic E-state index is -3.29. The summed E-state index contributed by atoms with van der Waals surface area (Å²) in [6.07, 6.45) is 1.76. The molecule has 17 heavy (non-hydrogen) atoms. The predicted molar refractivity (Wildman–Crippen MR) is 69.8 cm³/mol. The molecule has 0 bridgehead atoms. The van der Waals surface area contributed by atoms with Gasteiger partial charge in [-0.15, -0.1) is 11.3 Å².